The third-order valence-electron chi connectivity index (χ3n) is 1.45. The summed E-state index contributed by atoms with van der Waals surface area (Å²) in [4.78, 5) is 17.9. The van der Waals surface area contributed by atoms with Crippen molar-refractivity contribution in [1.29, 1.82) is 0 Å². The molecule has 2 rings (SSSR count). The van der Waals surface area contributed by atoms with E-state index >= 15 is 0 Å². The first-order chi connectivity index (χ1) is 6.16. The molecule has 0 unspecified atom stereocenters. The average Bonchev–Trinajstić information content (AvgIpc) is 2.46. The Balaban J connectivity index is 2.68. The van der Waals surface area contributed by atoms with E-state index < -0.39 is 5.97 Å². The number of nitrogens with zero attached hydrogens (tertiary/aromatic N) is 2. The molecule has 0 saturated heterocycles. The van der Waals surface area contributed by atoms with Crippen LogP contribution in [0.25, 0.3) is 11.1 Å². The van der Waals surface area contributed by atoms with Crippen LogP contribution in [0.4, 0.5) is 0 Å². The summed E-state index contributed by atoms with van der Waals surface area (Å²) in [5, 5.41) is 9.12. The number of fused-ring (bicyclic) bond motifs is 1. The molecule has 0 bridgehead atoms. The minimum Gasteiger partial charge on any atom is -0.475 e. The number of furan rings is 1. The maximum Gasteiger partial charge on any atom is 0.371 e. The molecular formula is C7H3ClN2O3. The van der Waals surface area contributed by atoms with Crippen LogP contribution in [0.5, 0.6) is 0 Å². The largest absolute Gasteiger partial charge is 0.475 e. The van der Waals surface area contributed by atoms with Gasteiger partial charge in [0.05, 0.1) is 5.39 Å². The molecule has 5 nitrogen and oxygen atoms in total. The fourth-order valence-electron chi connectivity index (χ4n) is 0.916. The Bertz CT molecular complexity index is 480. The minimum absolute atomic E-state index is 0.0267. The van der Waals surface area contributed by atoms with Crippen molar-refractivity contribution in [3.8, 4) is 0 Å². The van der Waals surface area contributed by atoms with E-state index in [-0.39, 0.29) is 16.8 Å². The summed E-state index contributed by atoms with van der Waals surface area (Å²) in [5.41, 5.74) is 0.178. The molecule has 0 fully saturated rings. The van der Waals surface area contributed by atoms with Crippen molar-refractivity contribution in [3.63, 3.8) is 0 Å². The van der Waals surface area contributed by atoms with Crippen LogP contribution >= 0.6 is 11.6 Å². The number of aromatic carboxylic acids is 1. The van der Waals surface area contributed by atoms with Gasteiger partial charge in [-0.25, -0.2) is 9.78 Å². The molecule has 0 aliphatic rings. The molecule has 2 aromatic heterocycles. The lowest BCUT2D eigenvalue weighted by atomic mass is 10.4. The predicted molar refractivity (Wildman–Crippen MR) is 43.8 cm³/mol. The predicted octanol–water partition coefficient (Wildman–Crippen LogP) is 1.57. The van der Waals surface area contributed by atoms with E-state index in [1.165, 1.54) is 12.3 Å². The van der Waals surface area contributed by atoms with Gasteiger partial charge in [-0.15, -0.1) is 0 Å². The Labute approximate surface area is 77.0 Å². The zero-order valence-corrected chi connectivity index (χ0v) is 6.95. The lowest BCUT2D eigenvalue weighted by Gasteiger charge is -1.86. The first-order valence-corrected chi connectivity index (χ1v) is 3.70. The second kappa shape index (κ2) is 2.70. The van der Waals surface area contributed by atoms with Crippen molar-refractivity contribution >= 4 is 28.7 Å². The zero-order valence-electron chi connectivity index (χ0n) is 6.19. The van der Waals surface area contributed by atoms with Crippen LogP contribution in [0.3, 0.4) is 0 Å². The molecule has 66 valence electrons. The summed E-state index contributed by atoms with van der Waals surface area (Å²) >= 11 is 5.48. The molecular weight excluding hydrogens is 196 g/mol. The Morgan fingerprint density at radius 1 is 1.62 bits per heavy atom. The standard InChI is InChI=1S/C7H3ClN2O3/c8-7-9-2-3-1-4(6(11)12)13-5(3)10-7/h1-2H,(H,11,12). The summed E-state index contributed by atoms with van der Waals surface area (Å²) in [6.45, 7) is 0. The highest BCUT2D eigenvalue weighted by Gasteiger charge is 2.11. The summed E-state index contributed by atoms with van der Waals surface area (Å²) < 4.78 is 4.88. The van der Waals surface area contributed by atoms with Crippen LogP contribution in [0.1, 0.15) is 10.6 Å². The third kappa shape index (κ3) is 1.33. The van der Waals surface area contributed by atoms with Gasteiger partial charge in [-0.05, 0) is 11.6 Å². The highest BCUT2D eigenvalue weighted by atomic mass is 35.5. The number of hydrogen-bond donors (Lipinski definition) is 1. The van der Waals surface area contributed by atoms with Gasteiger partial charge in [0.2, 0.25) is 16.8 Å². The summed E-state index contributed by atoms with van der Waals surface area (Å²) in [6.07, 6.45) is 1.40. The molecule has 13 heavy (non-hydrogen) atoms. The molecule has 6 heteroatoms. The molecule has 2 aromatic rings. The molecule has 0 saturated carbocycles. The smallest absolute Gasteiger partial charge is 0.371 e. The Kier molecular flexibility index (Phi) is 1.66. The molecule has 0 spiro atoms. The van der Waals surface area contributed by atoms with Crippen LogP contribution in [-0.2, 0) is 0 Å². The van der Waals surface area contributed by atoms with Gasteiger partial charge in [0, 0.05) is 12.3 Å². The van der Waals surface area contributed by atoms with Crippen molar-refractivity contribution in [2.75, 3.05) is 0 Å². The molecule has 0 aliphatic carbocycles. The molecule has 0 radical (unpaired) electrons. The third-order valence-corrected chi connectivity index (χ3v) is 1.64. The van der Waals surface area contributed by atoms with E-state index in [2.05, 4.69) is 9.97 Å². The number of carboxylic acid groups (broad SMARTS) is 1. The fraction of sp³-hybridized carbons (Fsp3) is 0. The fourth-order valence-corrected chi connectivity index (χ4v) is 1.04. The van der Waals surface area contributed by atoms with Crippen molar-refractivity contribution < 1.29 is 14.3 Å². The maximum absolute atomic E-state index is 10.5. The Morgan fingerprint density at radius 3 is 3.08 bits per heavy atom. The Hall–Kier alpha value is -1.62. The zero-order chi connectivity index (χ0) is 9.42. The number of aromatic nitrogens is 2. The molecule has 0 aromatic carbocycles. The topological polar surface area (TPSA) is 76.2 Å². The minimum atomic E-state index is -1.14. The lowest BCUT2D eigenvalue weighted by molar-refractivity contribution is 0.0664. The van der Waals surface area contributed by atoms with E-state index in [4.69, 9.17) is 21.1 Å². The van der Waals surface area contributed by atoms with Crippen LogP contribution in [0.15, 0.2) is 16.7 Å². The van der Waals surface area contributed by atoms with Crippen LogP contribution in [0.2, 0.25) is 5.28 Å². The number of rotatable bonds is 1. The summed E-state index contributed by atoms with van der Waals surface area (Å²) in [7, 11) is 0. The molecule has 2 heterocycles. The lowest BCUT2D eigenvalue weighted by Crippen LogP contribution is -1.91. The second-order valence-corrected chi connectivity index (χ2v) is 2.65. The van der Waals surface area contributed by atoms with Crippen LogP contribution in [0, 0.1) is 0 Å². The molecule has 0 aliphatic heterocycles. The van der Waals surface area contributed by atoms with Gasteiger partial charge in [-0.2, -0.15) is 4.98 Å². The first kappa shape index (κ1) is 8.00. The first-order valence-electron chi connectivity index (χ1n) is 3.32. The summed E-state index contributed by atoms with van der Waals surface area (Å²) in [5.74, 6) is -1.32. The quantitative estimate of drug-likeness (QED) is 0.704. The summed E-state index contributed by atoms with van der Waals surface area (Å²) in [6, 6.07) is 1.34. The highest BCUT2D eigenvalue weighted by Crippen LogP contribution is 2.17. The number of hydrogen-bond acceptors (Lipinski definition) is 4. The van der Waals surface area contributed by atoms with Crippen LogP contribution in [-0.4, -0.2) is 21.0 Å². The van der Waals surface area contributed by atoms with Gasteiger partial charge in [0.1, 0.15) is 0 Å². The van der Waals surface area contributed by atoms with Crippen LogP contribution < -0.4 is 0 Å². The van der Waals surface area contributed by atoms with Crippen molar-refractivity contribution in [2.45, 2.75) is 0 Å². The van der Waals surface area contributed by atoms with E-state index in [0.717, 1.165) is 0 Å². The van der Waals surface area contributed by atoms with Crippen molar-refractivity contribution in [2.24, 2.45) is 0 Å². The second-order valence-electron chi connectivity index (χ2n) is 2.32. The molecule has 0 amide bonds. The monoisotopic (exact) mass is 198 g/mol. The average molecular weight is 199 g/mol. The van der Waals surface area contributed by atoms with Gasteiger partial charge in [0.25, 0.3) is 0 Å². The van der Waals surface area contributed by atoms with Crippen molar-refractivity contribution in [3.05, 3.63) is 23.3 Å². The van der Waals surface area contributed by atoms with Gasteiger partial charge in [0.15, 0.2) is 0 Å². The van der Waals surface area contributed by atoms with Crippen molar-refractivity contribution in [1.82, 2.24) is 9.97 Å². The van der Waals surface area contributed by atoms with E-state index in [1.54, 1.807) is 0 Å². The number of carboxylic acids is 1. The normalized spacial score (nSPS) is 10.5. The molecule has 1 N–H and O–H groups in total. The number of halogens is 1. The van der Waals surface area contributed by atoms with Gasteiger partial charge < -0.3 is 9.52 Å². The molecule has 0 atom stereocenters. The van der Waals surface area contributed by atoms with Gasteiger partial charge >= 0.3 is 5.97 Å². The maximum atomic E-state index is 10.5. The van der Waals surface area contributed by atoms with Gasteiger partial charge in [-0.3, -0.25) is 0 Å². The van der Waals surface area contributed by atoms with E-state index in [1.807, 2.05) is 0 Å². The SMILES string of the molecule is O=C(O)c1cc2cnc(Cl)nc2o1. The number of carbonyl (C=O) groups is 1. The van der Waals surface area contributed by atoms with E-state index in [9.17, 15) is 4.79 Å². The van der Waals surface area contributed by atoms with E-state index in [0.29, 0.717) is 5.39 Å². The highest BCUT2D eigenvalue weighted by molar-refractivity contribution is 6.28. The Morgan fingerprint density at radius 2 is 2.38 bits per heavy atom. The van der Waals surface area contributed by atoms with Gasteiger partial charge in [-0.1, -0.05) is 0 Å².